The van der Waals surface area contributed by atoms with Gasteiger partial charge in [0.15, 0.2) is 0 Å². The van der Waals surface area contributed by atoms with Crippen molar-refractivity contribution in [2.24, 2.45) is 0 Å². The third-order valence-electron chi connectivity index (χ3n) is 4.22. The predicted octanol–water partition coefficient (Wildman–Crippen LogP) is 3.55. The first-order valence-electron chi connectivity index (χ1n) is 8.85. The molecule has 3 amide bonds. The molecular formula is C22H21N3O2. The van der Waals surface area contributed by atoms with Gasteiger partial charge in [-0.3, -0.25) is 9.69 Å². The number of anilines is 2. The van der Waals surface area contributed by atoms with Crippen LogP contribution < -0.4 is 15.5 Å². The first kappa shape index (κ1) is 18.3. The molecule has 5 nitrogen and oxygen atoms in total. The normalized spacial score (nSPS) is 11.6. The second-order valence-electron chi connectivity index (χ2n) is 6.07. The van der Waals surface area contributed by atoms with Gasteiger partial charge in [0.25, 0.3) is 0 Å². The van der Waals surface area contributed by atoms with Gasteiger partial charge in [-0.1, -0.05) is 48.6 Å². The lowest BCUT2D eigenvalue weighted by molar-refractivity contribution is -0.120. The van der Waals surface area contributed by atoms with Crippen LogP contribution in [0.15, 0.2) is 48.5 Å². The largest absolute Gasteiger partial charge is 0.354 e. The number of fused-ring (bicyclic) bond motifs is 2. The van der Waals surface area contributed by atoms with Gasteiger partial charge in [0.1, 0.15) is 0 Å². The Morgan fingerprint density at radius 3 is 2.04 bits per heavy atom. The second kappa shape index (κ2) is 8.72. The summed E-state index contributed by atoms with van der Waals surface area (Å²) in [6.45, 7) is 0.680. The molecule has 0 radical (unpaired) electrons. The highest BCUT2D eigenvalue weighted by Gasteiger charge is 2.23. The third kappa shape index (κ3) is 4.36. The molecule has 0 unspecified atom stereocenters. The quantitative estimate of drug-likeness (QED) is 0.633. The fourth-order valence-electron chi connectivity index (χ4n) is 2.92. The minimum atomic E-state index is -0.239. The van der Waals surface area contributed by atoms with Gasteiger partial charge >= 0.3 is 6.03 Å². The number of urea groups is 1. The van der Waals surface area contributed by atoms with Crippen LogP contribution in [0.1, 0.15) is 24.0 Å². The van der Waals surface area contributed by atoms with Gasteiger partial charge in [0, 0.05) is 25.9 Å². The van der Waals surface area contributed by atoms with Gasteiger partial charge in [-0.15, -0.1) is 12.3 Å². The molecule has 0 bridgehead atoms. The molecule has 2 aromatic carbocycles. The maximum atomic E-state index is 12.9. The number of para-hydroxylation sites is 2. The van der Waals surface area contributed by atoms with Crippen LogP contribution in [0.25, 0.3) is 12.2 Å². The average molecular weight is 359 g/mol. The Hall–Kier alpha value is -3.52. The van der Waals surface area contributed by atoms with E-state index >= 15 is 0 Å². The summed E-state index contributed by atoms with van der Waals surface area (Å²) in [7, 11) is 0. The second-order valence-corrected chi connectivity index (χ2v) is 6.07. The summed E-state index contributed by atoms with van der Waals surface area (Å²) in [4.78, 5) is 26.2. The Morgan fingerprint density at radius 1 is 0.889 bits per heavy atom. The van der Waals surface area contributed by atoms with Crippen LogP contribution in [0.5, 0.6) is 0 Å². The zero-order chi connectivity index (χ0) is 19.1. The molecule has 5 heteroatoms. The fourth-order valence-corrected chi connectivity index (χ4v) is 2.92. The van der Waals surface area contributed by atoms with Gasteiger partial charge in [-0.2, -0.15) is 0 Å². The Morgan fingerprint density at radius 2 is 1.44 bits per heavy atom. The number of amides is 3. The number of rotatable bonds is 5. The van der Waals surface area contributed by atoms with Crippen LogP contribution >= 0.6 is 0 Å². The number of nitrogens with one attached hydrogen (secondary N) is 2. The Bertz CT molecular complexity index is 862. The molecule has 0 saturated carbocycles. The zero-order valence-corrected chi connectivity index (χ0v) is 14.9. The van der Waals surface area contributed by atoms with Gasteiger partial charge in [-0.25, -0.2) is 4.79 Å². The summed E-state index contributed by atoms with van der Waals surface area (Å²) >= 11 is 0. The summed E-state index contributed by atoms with van der Waals surface area (Å²) in [5, 5.41) is 5.62. The lowest BCUT2D eigenvalue weighted by atomic mass is 10.1. The highest BCUT2D eigenvalue weighted by atomic mass is 16.2. The Balaban J connectivity index is 1.72. The van der Waals surface area contributed by atoms with Crippen LogP contribution in [-0.4, -0.2) is 25.0 Å². The van der Waals surface area contributed by atoms with Crippen LogP contribution in [0.2, 0.25) is 0 Å². The molecular weight excluding hydrogens is 338 g/mol. The number of terminal acetylenes is 1. The SMILES string of the molecule is C#CCCC(=O)NCCNC(=O)N1c2ccccc2C=Cc2ccccc21. The molecule has 0 atom stereocenters. The molecule has 0 aromatic heterocycles. The molecule has 2 aromatic rings. The minimum Gasteiger partial charge on any atom is -0.354 e. The fraction of sp³-hybridized carbons (Fsp3) is 0.182. The van der Waals surface area contributed by atoms with E-state index < -0.39 is 0 Å². The first-order valence-corrected chi connectivity index (χ1v) is 8.85. The monoisotopic (exact) mass is 359 g/mol. The highest BCUT2D eigenvalue weighted by Crippen LogP contribution is 2.35. The van der Waals surface area contributed by atoms with Gasteiger partial charge in [0.05, 0.1) is 11.4 Å². The van der Waals surface area contributed by atoms with E-state index in [0.29, 0.717) is 25.9 Å². The Labute approximate surface area is 159 Å². The molecule has 1 aliphatic heterocycles. The molecule has 27 heavy (non-hydrogen) atoms. The third-order valence-corrected chi connectivity index (χ3v) is 4.22. The highest BCUT2D eigenvalue weighted by molar-refractivity contribution is 6.05. The first-order chi connectivity index (χ1) is 13.2. The molecule has 2 N–H and O–H groups in total. The van der Waals surface area contributed by atoms with Gasteiger partial charge in [0.2, 0.25) is 5.91 Å². The van der Waals surface area contributed by atoms with Crippen molar-refractivity contribution in [3.05, 3.63) is 59.7 Å². The number of hydrogen-bond donors (Lipinski definition) is 2. The van der Waals surface area contributed by atoms with Crippen LogP contribution in [-0.2, 0) is 4.79 Å². The number of benzene rings is 2. The van der Waals surface area contributed by atoms with Crippen molar-refractivity contribution in [3.8, 4) is 12.3 Å². The maximum absolute atomic E-state index is 12.9. The van der Waals surface area contributed by atoms with Crippen molar-refractivity contribution in [1.82, 2.24) is 10.6 Å². The summed E-state index contributed by atoms with van der Waals surface area (Å²) in [5.74, 6) is 2.32. The molecule has 0 spiro atoms. The number of hydrogen-bond acceptors (Lipinski definition) is 2. The van der Waals surface area contributed by atoms with Crippen molar-refractivity contribution in [2.75, 3.05) is 18.0 Å². The van der Waals surface area contributed by atoms with Crippen molar-refractivity contribution in [2.45, 2.75) is 12.8 Å². The molecule has 0 fully saturated rings. The van der Waals surface area contributed by atoms with E-state index in [1.54, 1.807) is 4.90 Å². The van der Waals surface area contributed by atoms with E-state index in [9.17, 15) is 9.59 Å². The smallest absolute Gasteiger partial charge is 0.326 e. The van der Waals surface area contributed by atoms with Crippen molar-refractivity contribution >= 4 is 35.5 Å². The average Bonchev–Trinajstić information content (AvgIpc) is 2.86. The molecule has 3 rings (SSSR count). The molecule has 1 heterocycles. The van der Waals surface area contributed by atoms with E-state index in [1.165, 1.54) is 0 Å². The topological polar surface area (TPSA) is 61.4 Å². The van der Waals surface area contributed by atoms with Crippen molar-refractivity contribution in [1.29, 1.82) is 0 Å². The van der Waals surface area contributed by atoms with Gasteiger partial charge in [-0.05, 0) is 23.3 Å². The Kier molecular flexibility index (Phi) is 5.91. The van der Waals surface area contributed by atoms with E-state index in [2.05, 4.69) is 16.6 Å². The number of carbonyl (C=O) groups excluding carboxylic acids is 2. The summed E-state index contributed by atoms with van der Waals surface area (Å²) < 4.78 is 0. The molecule has 1 aliphatic rings. The zero-order valence-electron chi connectivity index (χ0n) is 14.9. The lowest BCUT2D eigenvalue weighted by Crippen LogP contribution is -2.41. The molecule has 136 valence electrons. The van der Waals surface area contributed by atoms with Crippen LogP contribution in [0.4, 0.5) is 16.2 Å². The summed E-state index contributed by atoms with van der Waals surface area (Å²) in [6, 6.07) is 15.3. The van der Waals surface area contributed by atoms with E-state index in [4.69, 9.17) is 6.42 Å². The molecule has 0 aliphatic carbocycles. The van der Waals surface area contributed by atoms with Gasteiger partial charge < -0.3 is 10.6 Å². The number of nitrogens with zero attached hydrogens (tertiary/aromatic N) is 1. The van der Waals surface area contributed by atoms with E-state index in [1.807, 2.05) is 60.7 Å². The molecule has 0 saturated heterocycles. The van der Waals surface area contributed by atoms with Crippen LogP contribution in [0, 0.1) is 12.3 Å². The minimum absolute atomic E-state index is 0.114. The van der Waals surface area contributed by atoms with Crippen LogP contribution in [0.3, 0.4) is 0 Å². The lowest BCUT2D eigenvalue weighted by Gasteiger charge is -2.25. The summed E-state index contributed by atoms with van der Waals surface area (Å²) in [6.07, 6.45) is 9.87. The predicted molar refractivity (Wildman–Crippen MR) is 108 cm³/mol. The number of carbonyl (C=O) groups is 2. The van der Waals surface area contributed by atoms with E-state index in [0.717, 1.165) is 22.5 Å². The van der Waals surface area contributed by atoms with Crippen molar-refractivity contribution < 1.29 is 9.59 Å². The standard InChI is InChI=1S/C22H21N3O2/c1-2-3-12-21(26)23-15-16-24-22(27)25-19-10-6-4-8-17(19)13-14-18-9-5-7-11-20(18)25/h1,4-11,13-14H,3,12,15-16H2,(H,23,26)(H,24,27). The van der Waals surface area contributed by atoms with E-state index in [-0.39, 0.29) is 11.9 Å². The summed E-state index contributed by atoms with van der Waals surface area (Å²) in [5.41, 5.74) is 3.56. The van der Waals surface area contributed by atoms with Crippen molar-refractivity contribution in [3.63, 3.8) is 0 Å². The maximum Gasteiger partial charge on any atom is 0.326 e.